The molecular formula is C13H19NO2S. The molecule has 0 bridgehead atoms. The van der Waals surface area contributed by atoms with Crippen LogP contribution in [0, 0.1) is 13.8 Å². The van der Waals surface area contributed by atoms with E-state index in [4.69, 9.17) is 4.74 Å². The van der Waals surface area contributed by atoms with Gasteiger partial charge in [-0.25, -0.2) is 0 Å². The van der Waals surface area contributed by atoms with Crippen molar-refractivity contribution in [2.24, 2.45) is 0 Å². The molecule has 4 heteroatoms. The van der Waals surface area contributed by atoms with Gasteiger partial charge in [0.25, 0.3) is 5.91 Å². The summed E-state index contributed by atoms with van der Waals surface area (Å²) in [6.45, 7) is 9.57. The van der Waals surface area contributed by atoms with E-state index in [1.807, 2.05) is 31.1 Å². The molecule has 1 aromatic rings. The second-order valence-corrected chi connectivity index (χ2v) is 5.93. The topological polar surface area (TPSA) is 29.5 Å². The lowest BCUT2D eigenvalue weighted by Gasteiger charge is -2.39. The van der Waals surface area contributed by atoms with Crippen LogP contribution in [0.1, 0.15) is 34.6 Å². The van der Waals surface area contributed by atoms with Crippen molar-refractivity contribution >= 4 is 17.2 Å². The molecule has 0 unspecified atom stereocenters. The van der Waals surface area contributed by atoms with E-state index >= 15 is 0 Å². The molecule has 1 aromatic heterocycles. The Balaban J connectivity index is 1.94. The highest BCUT2D eigenvalue weighted by molar-refractivity contribution is 7.10. The third-order valence-corrected chi connectivity index (χ3v) is 4.13. The van der Waals surface area contributed by atoms with Gasteiger partial charge >= 0.3 is 0 Å². The van der Waals surface area contributed by atoms with E-state index < -0.39 is 0 Å². The van der Waals surface area contributed by atoms with Gasteiger partial charge in [-0.2, -0.15) is 0 Å². The summed E-state index contributed by atoms with van der Waals surface area (Å²) in [5.41, 5.74) is 1.98. The molecule has 0 spiro atoms. The van der Waals surface area contributed by atoms with Crippen molar-refractivity contribution in [3.63, 3.8) is 0 Å². The van der Waals surface area contributed by atoms with Crippen LogP contribution in [0.4, 0.5) is 0 Å². The maximum atomic E-state index is 12.2. The number of likely N-dealkylation sites (tertiary alicyclic amines) is 1. The lowest BCUT2D eigenvalue weighted by atomic mass is 10.1. The molecule has 0 radical (unpaired) electrons. The minimum absolute atomic E-state index is 0.149. The second-order valence-electron chi connectivity index (χ2n) is 4.85. The molecule has 0 aromatic carbocycles. The van der Waals surface area contributed by atoms with Gasteiger partial charge in [-0.15, -0.1) is 11.3 Å². The van der Waals surface area contributed by atoms with Crippen LogP contribution < -0.4 is 0 Å². The summed E-state index contributed by atoms with van der Waals surface area (Å²) in [5.74, 6) is 0.149. The fraction of sp³-hybridized carbons (Fsp3) is 0.615. The molecule has 2 rings (SSSR count). The summed E-state index contributed by atoms with van der Waals surface area (Å²) < 4.78 is 5.65. The Bertz CT molecular complexity index is 419. The summed E-state index contributed by atoms with van der Waals surface area (Å²) in [4.78, 5) is 15.3. The molecule has 17 heavy (non-hydrogen) atoms. The number of hydrogen-bond donors (Lipinski definition) is 0. The van der Waals surface area contributed by atoms with Gasteiger partial charge in [0.2, 0.25) is 0 Å². The van der Waals surface area contributed by atoms with Crippen LogP contribution in [0.15, 0.2) is 5.38 Å². The summed E-state index contributed by atoms with van der Waals surface area (Å²) in [6, 6.07) is 0. The largest absolute Gasteiger partial charge is 0.372 e. The number of aryl methyl sites for hydroxylation is 1. The quantitative estimate of drug-likeness (QED) is 0.828. The zero-order valence-electron chi connectivity index (χ0n) is 10.8. The maximum absolute atomic E-state index is 12.2. The Morgan fingerprint density at radius 1 is 1.47 bits per heavy atom. The van der Waals surface area contributed by atoms with Crippen LogP contribution in [0.2, 0.25) is 0 Å². The predicted molar refractivity (Wildman–Crippen MR) is 69.7 cm³/mol. The monoisotopic (exact) mass is 253 g/mol. The zero-order chi connectivity index (χ0) is 12.6. The Hall–Kier alpha value is -0.870. The summed E-state index contributed by atoms with van der Waals surface area (Å²) in [5, 5.41) is 1.96. The van der Waals surface area contributed by atoms with E-state index in [0.29, 0.717) is 0 Å². The molecule has 1 aliphatic rings. The van der Waals surface area contributed by atoms with Gasteiger partial charge in [-0.3, -0.25) is 4.79 Å². The molecule has 1 amide bonds. The van der Waals surface area contributed by atoms with Crippen LogP contribution in [-0.2, 0) is 4.74 Å². The van der Waals surface area contributed by atoms with E-state index in [0.717, 1.165) is 24.2 Å². The number of ether oxygens (including phenoxy) is 1. The van der Waals surface area contributed by atoms with Gasteiger partial charge in [0.15, 0.2) is 0 Å². The van der Waals surface area contributed by atoms with Crippen LogP contribution in [0.3, 0.4) is 0 Å². The van der Waals surface area contributed by atoms with E-state index in [1.165, 1.54) is 4.88 Å². The highest BCUT2D eigenvalue weighted by Gasteiger charge is 2.33. The van der Waals surface area contributed by atoms with E-state index in [9.17, 15) is 4.79 Å². The molecule has 94 valence electrons. The number of amides is 1. The first-order valence-electron chi connectivity index (χ1n) is 5.98. The molecule has 0 atom stereocenters. The number of rotatable bonds is 3. The Labute approximate surface area is 106 Å². The van der Waals surface area contributed by atoms with Crippen molar-refractivity contribution in [2.45, 2.75) is 39.9 Å². The van der Waals surface area contributed by atoms with Gasteiger partial charge in [0, 0.05) is 23.3 Å². The molecular weight excluding hydrogens is 234 g/mol. The number of nitrogens with zero attached hydrogens (tertiary/aromatic N) is 1. The second kappa shape index (κ2) is 4.78. The Morgan fingerprint density at radius 2 is 2.12 bits per heavy atom. The number of thiophene rings is 1. The van der Waals surface area contributed by atoms with Crippen LogP contribution >= 0.6 is 11.3 Å². The minimum atomic E-state index is 0.149. The molecule has 0 N–H and O–H groups in total. The lowest BCUT2D eigenvalue weighted by molar-refractivity contribution is -0.0684. The first-order chi connectivity index (χ1) is 7.99. The van der Waals surface area contributed by atoms with Crippen LogP contribution in [-0.4, -0.2) is 36.1 Å². The third-order valence-electron chi connectivity index (χ3n) is 3.12. The lowest BCUT2D eigenvalue weighted by Crippen LogP contribution is -2.55. The Kier molecular flexibility index (Phi) is 3.54. The van der Waals surface area contributed by atoms with E-state index in [2.05, 4.69) is 6.92 Å². The first kappa shape index (κ1) is 12.6. The minimum Gasteiger partial charge on any atom is -0.372 e. The molecule has 1 aliphatic heterocycles. The average molecular weight is 253 g/mol. The summed E-state index contributed by atoms with van der Waals surface area (Å²) >= 11 is 1.64. The number of hydrogen-bond acceptors (Lipinski definition) is 3. The molecule has 0 saturated carbocycles. The molecule has 3 nitrogen and oxygen atoms in total. The van der Waals surface area contributed by atoms with Crippen LogP contribution in [0.5, 0.6) is 0 Å². The zero-order valence-corrected chi connectivity index (χ0v) is 11.6. The van der Waals surface area contributed by atoms with Crippen molar-refractivity contribution in [1.82, 2.24) is 4.90 Å². The Morgan fingerprint density at radius 3 is 2.59 bits per heavy atom. The van der Waals surface area contributed by atoms with Gasteiger partial charge in [-0.1, -0.05) is 0 Å². The molecule has 0 aliphatic carbocycles. The standard InChI is InChI=1S/C13H19NO2S/c1-8(2)16-11-5-14(6-11)13(15)12-7-17-10(4)9(12)3/h7-8,11H,5-6H2,1-4H3. The maximum Gasteiger partial charge on any atom is 0.255 e. The van der Waals surface area contributed by atoms with Gasteiger partial charge in [0.1, 0.15) is 0 Å². The van der Waals surface area contributed by atoms with Crippen LogP contribution in [0.25, 0.3) is 0 Å². The fourth-order valence-corrected chi connectivity index (χ4v) is 2.83. The normalized spacial score (nSPS) is 16.4. The highest BCUT2D eigenvalue weighted by Crippen LogP contribution is 2.24. The summed E-state index contributed by atoms with van der Waals surface area (Å²) in [7, 11) is 0. The number of carbonyl (C=O) groups is 1. The SMILES string of the molecule is Cc1scc(C(=O)N2CC(OC(C)C)C2)c1C. The van der Waals surface area contributed by atoms with Gasteiger partial charge < -0.3 is 9.64 Å². The van der Waals surface area contributed by atoms with E-state index in [-0.39, 0.29) is 18.1 Å². The molecule has 1 fully saturated rings. The third kappa shape index (κ3) is 2.53. The van der Waals surface area contributed by atoms with Gasteiger partial charge in [0.05, 0.1) is 17.8 Å². The van der Waals surface area contributed by atoms with Crippen molar-refractivity contribution in [3.05, 3.63) is 21.4 Å². The molecule has 2 heterocycles. The van der Waals surface area contributed by atoms with Crippen molar-refractivity contribution in [3.8, 4) is 0 Å². The summed E-state index contributed by atoms with van der Waals surface area (Å²) in [6.07, 6.45) is 0.460. The van der Waals surface area contributed by atoms with Crippen molar-refractivity contribution in [2.75, 3.05) is 13.1 Å². The fourth-order valence-electron chi connectivity index (χ4n) is 1.97. The van der Waals surface area contributed by atoms with Crippen molar-refractivity contribution < 1.29 is 9.53 Å². The molecule has 1 saturated heterocycles. The van der Waals surface area contributed by atoms with E-state index in [1.54, 1.807) is 11.3 Å². The predicted octanol–water partition coefficient (Wildman–Crippen LogP) is 2.61. The average Bonchev–Trinajstić information content (AvgIpc) is 2.52. The highest BCUT2D eigenvalue weighted by atomic mass is 32.1. The van der Waals surface area contributed by atoms with Crippen molar-refractivity contribution in [1.29, 1.82) is 0 Å². The first-order valence-corrected chi connectivity index (χ1v) is 6.86. The van der Waals surface area contributed by atoms with Gasteiger partial charge in [-0.05, 0) is 33.3 Å². The smallest absolute Gasteiger partial charge is 0.255 e. The number of carbonyl (C=O) groups excluding carboxylic acids is 1.